The van der Waals surface area contributed by atoms with E-state index in [1.807, 2.05) is 30.3 Å². The first kappa shape index (κ1) is 20.9. The highest BCUT2D eigenvalue weighted by atomic mass is 32.2. The first-order chi connectivity index (χ1) is 13.0. The number of hydrogen-bond acceptors (Lipinski definition) is 4. The standard InChI is InChI=1S/C20H23FN2O3S/c1-15(25)22-19(14-27-18-9-7-17(21)8-10-18)20(26)23(11-12-24)13-16-5-3-2-4-6-16/h2-10,19,24H,11-14H2,1H3,(H,22,25). The molecule has 0 fully saturated rings. The minimum absolute atomic E-state index is 0.170. The predicted octanol–water partition coefficient (Wildman–Crippen LogP) is 2.44. The second-order valence-corrected chi connectivity index (χ2v) is 7.08. The third-order valence-electron chi connectivity index (χ3n) is 3.80. The Balaban J connectivity index is 2.09. The zero-order valence-electron chi connectivity index (χ0n) is 15.1. The van der Waals surface area contributed by atoms with Crippen LogP contribution in [0.4, 0.5) is 4.39 Å². The molecule has 0 saturated heterocycles. The highest BCUT2D eigenvalue weighted by Gasteiger charge is 2.25. The number of thioether (sulfide) groups is 1. The summed E-state index contributed by atoms with van der Waals surface area (Å²) in [7, 11) is 0. The summed E-state index contributed by atoms with van der Waals surface area (Å²) in [4.78, 5) is 26.9. The Bertz CT molecular complexity index is 741. The SMILES string of the molecule is CC(=O)NC(CSc1ccc(F)cc1)C(=O)N(CCO)Cc1ccccc1. The molecule has 2 aromatic rings. The first-order valence-electron chi connectivity index (χ1n) is 8.58. The summed E-state index contributed by atoms with van der Waals surface area (Å²) in [6.45, 7) is 1.70. The van der Waals surface area contributed by atoms with Gasteiger partial charge in [0, 0.05) is 30.7 Å². The normalized spacial score (nSPS) is 11.7. The Morgan fingerprint density at radius 3 is 2.41 bits per heavy atom. The van der Waals surface area contributed by atoms with Gasteiger partial charge in [-0.05, 0) is 29.8 Å². The van der Waals surface area contributed by atoms with Crippen molar-refractivity contribution in [2.24, 2.45) is 0 Å². The molecule has 0 aromatic heterocycles. The zero-order chi connectivity index (χ0) is 19.6. The number of nitrogens with one attached hydrogen (secondary N) is 1. The number of benzene rings is 2. The van der Waals surface area contributed by atoms with Gasteiger partial charge in [-0.1, -0.05) is 30.3 Å². The van der Waals surface area contributed by atoms with Crippen LogP contribution in [0.3, 0.4) is 0 Å². The Morgan fingerprint density at radius 1 is 1.15 bits per heavy atom. The summed E-state index contributed by atoms with van der Waals surface area (Å²) in [5.74, 6) is -0.596. The van der Waals surface area contributed by atoms with Crippen LogP contribution in [0.5, 0.6) is 0 Å². The van der Waals surface area contributed by atoms with Gasteiger partial charge >= 0.3 is 0 Å². The topological polar surface area (TPSA) is 69.6 Å². The molecule has 0 radical (unpaired) electrons. The monoisotopic (exact) mass is 390 g/mol. The molecule has 0 bridgehead atoms. The summed E-state index contributed by atoms with van der Waals surface area (Å²) in [5.41, 5.74) is 0.937. The fourth-order valence-electron chi connectivity index (χ4n) is 2.54. The van der Waals surface area contributed by atoms with Gasteiger partial charge in [0.1, 0.15) is 11.9 Å². The second-order valence-electron chi connectivity index (χ2n) is 5.99. The lowest BCUT2D eigenvalue weighted by Gasteiger charge is -2.27. The van der Waals surface area contributed by atoms with E-state index in [9.17, 15) is 19.1 Å². The van der Waals surface area contributed by atoms with Crippen molar-refractivity contribution in [2.45, 2.75) is 24.4 Å². The summed E-state index contributed by atoms with van der Waals surface area (Å²) < 4.78 is 13.0. The van der Waals surface area contributed by atoms with E-state index in [0.717, 1.165) is 10.5 Å². The first-order valence-corrected chi connectivity index (χ1v) is 9.57. The molecule has 7 heteroatoms. The van der Waals surface area contributed by atoms with Gasteiger partial charge in [-0.15, -0.1) is 11.8 Å². The molecular formula is C20H23FN2O3S. The van der Waals surface area contributed by atoms with Crippen molar-refractivity contribution in [3.8, 4) is 0 Å². The van der Waals surface area contributed by atoms with Gasteiger partial charge in [0.05, 0.1) is 6.61 Å². The van der Waals surface area contributed by atoms with Crippen LogP contribution in [0, 0.1) is 5.82 Å². The van der Waals surface area contributed by atoms with Crippen molar-refractivity contribution in [2.75, 3.05) is 18.9 Å². The van der Waals surface area contributed by atoms with E-state index in [-0.39, 0.29) is 30.8 Å². The molecule has 2 amide bonds. The lowest BCUT2D eigenvalue weighted by Crippen LogP contribution is -2.49. The molecule has 144 valence electrons. The maximum atomic E-state index is 13.0. The van der Waals surface area contributed by atoms with Gasteiger partial charge < -0.3 is 15.3 Å². The average Bonchev–Trinajstić information content (AvgIpc) is 2.66. The lowest BCUT2D eigenvalue weighted by molar-refractivity contribution is -0.136. The molecule has 1 atom stereocenters. The van der Waals surface area contributed by atoms with E-state index >= 15 is 0 Å². The van der Waals surface area contributed by atoms with Crippen LogP contribution in [-0.4, -0.2) is 46.8 Å². The van der Waals surface area contributed by atoms with Crippen molar-refractivity contribution in [1.29, 1.82) is 0 Å². The number of aliphatic hydroxyl groups excluding tert-OH is 1. The van der Waals surface area contributed by atoms with Crippen LogP contribution < -0.4 is 5.32 Å². The molecule has 27 heavy (non-hydrogen) atoms. The fraction of sp³-hybridized carbons (Fsp3) is 0.300. The fourth-order valence-corrected chi connectivity index (χ4v) is 3.46. The van der Waals surface area contributed by atoms with E-state index in [2.05, 4.69) is 5.32 Å². The maximum Gasteiger partial charge on any atom is 0.246 e. The van der Waals surface area contributed by atoms with Gasteiger partial charge in [0.15, 0.2) is 0 Å². The molecule has 0 saturated carbocycles. The van der Waals surface area contributed by atoms with E-state index < -0.39 is 6.04 Å². The smallest absolute Gasteiger partial charge is 0.246 e. The minimum atomic E-state index is -0.743. The van der Waals surface area contributed by atoms with Crippen LogP contribution >= 0.6 is 11.8 Å². The number of carbonyl (C=O) groups is 2. The van der Waals surface area contributed by atoms with Gasteiger partial charge in [0.2, 0.25) is 11.8 Å². The molecule has 2 rings (SSSR count). The Kier molecular flexibility index (Phi) is 8.29. The Morgan fingerprint density at radius 2 is 1.81 bits per heavy atom. The van der Waals surface area contributed by atoms with E-state index in [4.69, 9.17) is 0 Å². The van der Waals surface area contributed by atoms with E-state index in [1.165, 1.54) is 35.7 Å². The van der Waals surface area contributed by atoms with Crippen LogP contribution in [0.15, 0.2) is 59.5 Å². The number of rotatable bonds is 9. The number of nitrogens with zero attached hydrogens (tertiary/aromatic N) is 1. The highest BCUT2D eigenvalue weighted by Crippen LogP contribution is 2.20. The maximum absolute atomic E-state index is 13.0. The quantitative estimate of drug-likeness (QED) is 0.646. The van der Waals surface area contributed by atoms with Crippen molar-refractivity contribution in [3.05, 3.63) is 66.0 Å². The molecule has 0 aliphatic carbocycles. The molecular weight excluding hydrogens is 367 g/mol. The summed E-state index contributed by atoms with van der Waals surface area (Å²) >= 11 is 1.36. The van der Waals surface area contributed by atoms with Gasteiger partial charge in [0.25, 0.3) is 0 Å². The lowest BCUT2D eigenvalue weighted by atomic mass is 10.2. The summed E-state index contributed by atoms with van der Waals surface area (Å²) in [5, 5.41) is 12.0. The predicted molar refractivity (Wildman–Crippen MR) is 104 cm³/mol. The van der Waals surface area contributed by atoms with Crippen LogP contribution in [0.2, 0.25) is 0 Å². The minimum Gasteiger partial charge on any atom is -0.395 e. The molecule has 2 N–H and O–H groups in total. The number of aliphatic hydroxyl groups is 1. The third kappa shape index (κ3) is 7.03. The largest absolute Gasteiger partial charge is 0.395 e. The highest BCUT2D eigenvalue weighted by molar-refractivity contribution is 7.99. The Labute approximate surface area is 162 Å². The van der Waals surface area contributed by atoms with Crippen molar-refractivity contribution >= 4 is 23.6 Å². The zero-order valence-corrected chi connectivity index (χ0v) is 15.9. The number of carbonyl (C=O) groups excluding carboxylic acids is 2. The number of halogens is 1. The van der Waals surface area contributed by atoms with Crippen molar-refractivity contribution < 1.29 is 19.1 Å². The van der Waals surface area contributed by atoms with Crippen molar-refractivity contribution in [3.63, 3.8) is 0 Å². The number of amides is 2. The van der Waals surface area contributed by atoms with Crippen LogP contribution in [0.25, 0.3) is 0 Å². The Hall–Kier alpha value is -2.38. The molecule has 0 heterocycles. The molecule has 0 aliphatic rings. The third-order valence-corrected chi connectivity index (χ3v) is 4.91. The molecule has 0 spiro atoms. The second kappa shape index (κ2) is 10.7. The van der Waals surface area contributed by atoms with Crippen molar-refractivity contribution in [1.82, 2.24) is 10.2 Å². The van der Waals surface area contributed by atoms with Crippen LogP contribution in [0.1, 0.15) is 12.5 Å². The van der Waals surface area contributed by atoms with Gasteiger partial charge in [-0.3, -0.25) is 9.59 Å². The van der Waals surface area contributed by atoms with Gasteiger partial charge in [-0.25, -0.2) is 4.39 Å². The molecule has 2 aromatic carbocycles. The van der Waals surface area contributed by atoms with E-state index in [1.54, 1.807) is 12.1 Å². The van der Waals surface area contributed by atoms with Gasteiger partial charge in [-0.2, -0.15) is 0 Å². The molecule has 0 aliphatic heterocycles. The average molecular weight is 390 g/mol. The summed E-state index contributed by atoms with van der Waals surface area (Å²) in [6.07, 6.45) is 0. The molecule has 1 unspecified atom stereocenters. The van der Waals surface area contributed by atoms with Crippen LogP contribution in [-0.2, 0) is 16.1 Å². The number of hydrogen-bond donors (Lipinski definition) is 2. The van der Waals surface area contributed by atoms with E-state index in [0.29, 0.717) is 12.3 Å². The summed E-state index contributed by atoms with van der Waals surface area (Å²) in [6, 6.07) is 14.7. The molecule has 5 nitrogen and oxygen atoms in total.